The second kappa shape index (κ2) is 9.63. The van der Waals surface area contributed by atoms with Crippen molar-refractivity contribution >= 4 is 23.3 Å². The minimum absolute atomic E-state index is 0.0442. The Bertz CT molecular complexity index is 837. The number of amides is 3. The van der Waals surface area contributed by atoms with Crippen molar-refractivity contribution in [1.82, 2.24) is 15.5 Å². The molecule has 158 valence electrons. The molecule has 7 nitrogen and oxygen atoms in total. The Morgan fingerprint density at radius 1 is 0.900 bits per heavy atom. The summed E-state index contributed by atoms with van der Waals surface area (Å²) < 4.78 is 0. The molecule has 0 aliphatic carbocycles. The molecular weight excluding hydrogens is 378 g/mol. The Kier molecular flexibility index (Phi) is 6.49. The zero-order valence-electron chi connectivity index (χ0n) is 17.2. The van der Waals surface area contributed by atoms with Crippen molar-refractivity contribution in [3.8, 4) is 0 Å². The van der Waals surface area contributed by atoms with Gasteiger partial charge in [0.1, 0.15) is 0 Å². The van der Waals surface area contributed by atoms with E-state index in [1.807, 2.05) is 36.4 Å². The normalized spacial score (nSPS) is 19.7. The maximum absolute atomic E-state index is 12.3. The molecule has 2 aromatic rings. The highest BCUT2D eigenvalue weighted by Gasteiger charge is 2.31. The highest BCUT2D eigenvalue weighted by molar-refractivity contribution is 5.96. The van der Waals surface area contributed by atoms with E-state index in [1.54, 1.807) is 4.90 Å². The lowest BCUT2D eigenvalue weighted by atomic mass is 10.2. The van der Waals surface area contributed by atoms with E-state index in [9.17, 15) is 9.59 Å². The highest BCUT2D eigenvalue weighted by Crippen LogP contribution is 2.21. The number of carbonyl (C=O) groups is 2. The van der Waals surface area contributed by atoms with E-state index in [0.717, 1.165) is 38.4 Å². The van der Waals surface area contributed by atoms with E-state index < -0.39 is 0 Å². The number of urea groups is 1. The van der Waals surface area contributed by atoms with Crippen molar-refractivity contribution in [2.75, 3.05) is 55.6 Å². The first-order valence-electron chi connectivity index (χ1n) is 10.6. The second-order valence-electron chi connectivity index (χ2n) is 7.81. The summed E-state index contributed by atoms with van der Waals surface area (Å²) in [4.78, 5) is 31.0. The van der Waals surface area contributed by atoms with Crippen LogP contribution in [0.2, 0.25) is 0 Å². The van der Waals surface area contributed by atoms with Gasteiger partial charge in [-0.1, -0.05) is 36.4 Å². The van der Waals surface area contributed by atoms with E-state index in [2.05, 4.69) is 44.7 Å². The lowest BCUT2D eigenvalue weighted by molar-refractivity contribution is -0.117. The number of benzene rings is 2. The molecule has 3 amide bonds. The van der Waals surface area contributed by atoms with Gasteiger partial charge in [0, 0.05) is 63.6 Å². The van der Waals surface area contributed by atoms with Crippen LogP contribution in [0.1, 0.15) is 6.42 Å². The van der Waals surface area contributed by atoms with Gasteiger partial charge in [-0.3, -0.25) is 9.69 Å². The smallest absolute Gasteiger partial charge is 0.315 e. The largest absolute Gasteiger partial charge is 0.369 e. The van der Waals surface area contributed by atoms with Gasteiger partial charge in [-0.15, -0.1) is 0 Å². The van der Waals surface area contributed by atoms with Crippen molar-refractivity contribution in [2.45, 2.75) is 12.5 Å². The van der Waals surface area contributed by atoms with Gasteiger partial charge in [-0.05, 0) is 24.3 Å². The van der Waals surface area contributed by atoms with E-state index >= 15 is 0 Å². The molecule has 4 rings (SSSR count). The van der Waals surface area contributed by atoms with Crippen LogP contribution in [0.25, 0.3) is 0 Å². The van der Waals surface area contributed by atoms with Gasteiger partial charge >= 0.3 is 6.03 Å². The molecule has 2 fully saturated rings. The third-order valence-electron chi connectivity index (χ3n) is 5.74. The average molecular weight is 408 g/mol. The molecule has 2 aliphatic heterocycles. The Hall–Kier alpha value is -3.06. The molecule has 0 spiro atoms. The zero-order chi connectivity index (χ0) is 20.8. The van der Waals surface area contributed by atoms with Gasteiger partial charge in [-0.25, -0.2) is 4.79 Å². The molecule has 0 aromatic heterocycles. The number of nitrogens with one attached hydrogen (secondary N) is 2. The number of nitrogens with zero attached hydrogens (tertiary/aromatic N) is 3. The van der Waals surface area contributed by atoms with Gasteiger partial charge < -0.3 is 20.4 Å². The first kappa shape index (κ1) is 20.2. The van der Waals surface area contributed by atoms with Crippen LogP contribution in [-0.2, 0) is 4.79 Å². The van der Waals surface area contributed by atoms with E-state index in [0.29, 0.717) is 19.5 Å². The fourth-order valence-corrected chi connectivity index (χ4v) is 4.09. The number of hydrogen-bond acceptors (Lipinski definition) is 4. The minimum atomic E-state index is -0.203. The number of anilines is 2. The van der Waals surface area contributed by atoms with Crippen molar-refractivity contribution in [3.63, 3.8) is 0 Å². The molecule has 2 aliphatic rings. The lowest BCUT2D eigenvalue weighted by Crippen LogP contribution is -2.50. The third kappa shape index (κ3) is 5.10. The van der Waals surface area contributed by atoms with Crippen LogP contribution in [0.4, 0.5) is 16.2 Å². The quantitative estimate of drug-likeness (QED) is 0.768. The van der Waals surface area contributed by atoms with Crippen molar-refractivity contribution < 1.29 is 9.59 Å². The number of piperazine rings is 1. The topological polar surface area (TPSA) is 67.9 Å². The van der Waals surface area contributed by atoms with Gasteiger partial charge in [0.25, 0.3) is 0 Å². The number of hydrogen-bond donors (Lipinski definition) is 2. The van der Waals surface area contributed by atoms with Crippen molar-refractivity contribution in [1.29, 1.82) is 0 Å². The van der Waals surface area contributed by atoms with Crippen LogP contribution in [-0.4, -0.2) is 68.7 Å². The summed E-state index contributed by atoms with van der Waals surface area (Å²) in [6, 6.07) is 19.7. The molecule has 2 heterocycles. The number of para-hydroxylation sites is 2. The Labute approximate surface area is 177 Å². The monoisotopic (exact) mass is 407 g/mol. The fourth-order valence-electron chi connectivity index (χ4n) is 4.09. The van der Waals surface area contributed by atoms with Crippen LogP contribution in [0.5, 0.6) is 0 Å². The van der Waals surface area contributed by atoms with Gasteiger partial charge in [0.2, 0.25) is 5.91 Å². The van der Waals surface area contributed by atoms with Crippen molar-refractivity contribution in [3.05, 3.63) is 60.7 Å². The first-order chi connectivity index (χ1) is 14.7. The van der Waals surface area contributed by atoms with Crippen LogP contribution >= 0.6 is 0 Å². The first-order valence-corrected chi connectivity index (χ1v) is 10.6. The summed E-state index contributed by atoms with van der Waals surface area (Å²) in [5.74, 6) is 0.0442. The van der Waals surface area contributed by atoms with E-state index in [-0.39, 0.29) is 18.0 Å². The van der Waals surface area contributed by atoms with Gasteiger partial charge in [0.15, 0.2) is 0 Å². The van der Waals surface area contributed by atoms with Gasteiger partial charge in [0.05, 0.1) is 6.04 Å². The predicted molar refractivity (Wildman–Crippen MR) is 119 cm³/mol. The standard InChI is InChI=1S/C23H29N5O2/c29-22-17-19(18-28(22)21-9-5-2-6-10-21)25-23(30)24-11-12-26-13-15-27(16-14-26)20-7-3-1-4-8-20/h1-10,19H,11-18H2,(H2,24,25,30). The fraction of sp³-hybridized carbons (Fsp3) is 0.391. The summed E-state index contributed by atoms with van der Waals surface area (Å²) in [5.41, 5.74) is 2.15. The summed E-state index contributed by atoms with van der Waals surface area (Å²) in [6.07, 6.45) is 0.337. The molecule has 0 bridgehead atoms. The molecule has 7 heteroatoms. The maximum atomic E-state index is 12.3. The van der Waals surface area contributed by atoms with Crippen LogP contribution < -0.4 is 20.4 Å². The Balaban J connectivity index is 1.14. The zero-order valence-corrected chi connectivity index (χ0v) is 17.2. The van der Waals surface area contributed by atoms with Gasteiger partial charge in [-0.2, -0.15) is 0 Å². The minimum Gasteiger partial charge on any atom is -0.369 e. The average Bonchev–Trinajstić information content (AvgIpc) is 3.15. The molecule has 30 heavy (non-hydrogen) atoms. The predicted octanol–water partition coefficient (Wildman–Crippen LogP) is 1.91. The highest BCUT2D eigenvalue weighted by atomic mass is 16.2. The summed E-state index contributed by atoms with van der Waals surface area (Å²) >= 11 is 0. The summed E-state index contributed by atoms with van der Waals surface area (Å²) in [5, 5.41) is 5.87. The lowest BCUT2D eigenvalue weighted by Gasteiger charge is -2.36. The van der Waals surface area contributed by atoms with Crippen LogP contribution in [0.3, 0.4) is 0 Å². The SMILES string of the molecule is O=C(NCCN1CCN(c2ccccc2)CC1)NC1CC(=O)N(c2ccccc2)C1. The molecule has 2 aromatic carbocycles. The number of carbonyl (C=O) groups excluding carboxylic acids is 2. The molecule has 0 radical (unpaired) electrons. The van der Waals surface area contributed by atoms with Crippen molar-refractivity contribution in [2.24, 2.45) is 0 Å². The molecular formula is C23H29N5O2. The maximum Gasteiger partial charge on any atom is 0.315 e. The second-order valence-corrected chi connectivity index (χ2v) is 7.81. The van der Waals surface area contributed by atoms with E-state index in [1.165, 1.54) is 5.69 Å². The van der Waals surface area contributed by atoms with E-state index in [4.69, 9.17) is 0 Å². The Morgan fingerprint density at radius 2 is 1.53 bits per heavy atom. The third-order valence-corrected chi connectivity index (χ3v) is 5.74. The van der Waals surface area contributed by atoms with Crippen LogP contribution in [0, 0.1) is 0 Å². The van der Waals surface area contributed by atoms with Crippen LogP contribution in [0.15, 0.2) is 60.7 Å². The summed E-state index contributed by atoms with van der Waals surface area (Å²) in [7, 11) is 0. The molecule has 2 saturated heterocycles. The molecule has 1 atom stereocenters. The molecule has 2 N–H and O–H groups in total. The Morgan fingerprint density at radius 3 is 2.20 bits per heavy atom. The molecule has 0 saturated carbocycles. The summed E-state index contributed by atoms with van der Waals surface area (Å²) in [6.45, 7) is 5.90. The number of rotatable bonds is 6. The molecule has 1 unspecified atom stereocenters.